The van der Waals surface area contributed by atoms with Gasteiger partial charge in [-0.1, -0.05) is 22.0 Å². The van der Waals surface area contributed by atoms with Crippen LogP contribution in [0, 0.1) is 6.92 Å². The fourth-order valence-corrected chi connectivity index (χ4v) is 2.45. The highest BCUT2D eigenvalue weighted by atomic mass is 79.9. The van der Waals surface area contributed by atoms with E-state index in [1.165, 1.54) is 6.26 Å². The maximum absolute atomic E-state index is 11.6. The highest BCUT2D eigenvalue weighted by molar-refractivity contribution is 9.10. The Morgan fingerprint density at radius 2 is 2.12 bits per heavy atom. The van der Waals surface area contributed by atoms with Crippen molar-refractivity contribution >= 4 is 32.3 Å². The SMILES string of the molecule is Cc1coc(=O)c2cc3c(Br)cccc3n12. The molecule has 80 valence electrons. The Labute approximate surface area is 99.4 Å². The number of hydrogen-bond acceptors (Lipinski definition) is 2. The Morgan fingerprint density at radius 3 is 2.94 bits per heavy atom. The van der Waals surface area contributed by atoms with E-state index in [1.807, 2.05) is 35.6 Å². The lowest BCUT2D eigenvalue weighted by Crippen LogP contribution is -2.04. The summed E-state index contributed by atoms with van der Waals surface area (Å²) in [5, 5.41) is 1.02. The van der Waals surface area contributed by atoms with E-state index in [9.17, 15) is 4.79 Å². The average molecular weight is 278 g/mol. The minimum absolute atomic E-state index is 0.311. The standard InChI is InChI=1S/C12H8BrNO2/c1-7-6-16-12(15)11-5-8-9(13)3-2-4-10(8)14(7)11/h2-6H,1H3. The van der Waals surface area contributed by atoms with Crippen molar-refractivity contribution in [1.29, 1.82) is 0 Å². The molecular formula is C12H8BrNO2. The lowest BCUT2D eigenvalue weighted by Gasteiger charge is -2.00. The summed E-state index contributed by atoms with van der Waals surface area (Å²) < 4.78 is 7.84. The minimum Gasteiger partial charge on any atom is -0.428 e. The first-order valence-corrected chi connectivity index (χ1v) is 5.66. The first-order chi connectivity index (χ1) is 7.68. The fourth-order valence-electron chi connectivity index (χ4n) is 1.98. The largest absolute Gasteiger partial charge is 0.428 e. The number of aromatic nitrogens is 1. The molecule has 2 heterocycles. The second-order valence-electron chi connectivity index (χ2n) is 3.70. The Balaban J connectivity index is 2.72. The van der Waals surface area contributed by atoms with Gasteiger partial charge in [0.25, 0.3) is 0 Å². The van der Waals surface area contributed by atoms with Crippen LogP contribution in [0.25, 0.3) is 16.4 Å². The summed E-state index contributed by atoms with van der Waals surface area (Å²) in [4.78, 5) is 11.6. The highest BCUT2D eigenvalue weighted by Gasteiger charge is 2.10. The summed E-state index contributed by atoms with van der Waals surface area (Å²) in [6.07, 6.45) is 1.48. The Bertz CT molecular complexity index is 755. The molecule has 0 unspecified atom stereocenters. The zero-order chi connectivity index (χ0) is 11.3. The molecule has 0 atom stereocenters. The van der Waals surface area contributed by atoms with Crippen molar-refractivity contribution in [2.75, 3.05) is 0 Å². The molecule has 0 aliphatic rings. The zero-order valence-electron chi connectivity index (χ0n) is 8.53. The third kappa shape index (κ3) is 1.16. The van der Waals surface area contributed by atoms with Crippen molar-refractivity contribution in [1.82, 2.24) is 4.40 Å². The number of nitrogens with zero attached hydrogens (tertiary/aromatic N) is 1. The quantitative estimate of drug-likeness (QED) is 0.633. The lowest BCUT2D eigenvalue weighted by atomic mass is 10.2. The van der Waals surface area contributed by atoms with Gasteiger partial charge in [0.1, 0.15) is 11.8 Å². The summed E-state index contributed by atoms with van der Waals surface area (Å²) in [6, 6.07) is 7.74. The van der Waals surface area contributed by atoms with Crippen molar-refractivity contribution < 1.29 is 4.42 Å². The van der Waals surface area contributed by atoms with Crippen molar-refractivity contribution in [2.45, 2.75) is 6.92 Å². The van der Waals surface area contributed by atoms with Gasteiger partial charge < -0.3 is 8.82 Å². The number of halogens is 1. The third-order valence-corrected chi connectivity index (χ3v) is 3.38. The predicted octanol–water partition coefficient (Wildman–Crippen LogP) is 3.12. The Hall–Kier alpha value is -1.55. The molecule has 3 nitrogen and oxygen atoms in total. The Kier molecular flexibility index (Phi) is 1.94. The van der Waals surface area contributed by atoms with Crippen LogP contribution in [-0.4, -0.2) is 4.40 Å². The highest BCUT2D eigenvalue weighted by Crippen LogP contribution is 2.26. The van der Waals surface area contributed by atoms with E-state index in [0.29, 0.717) is 5.52 Å². The van der Waals surface area contributed by atoms with Crippen molar-refractivity contribution in [2.24, 2.45) is 0 Å². The van der Waals surface area contributed by atoms with Gasteiger partial charge in [0.2, 0.25) is 0 Å². The number of fused-ring (bicyclic) bond motifs is 3. The second-order valence-corrected chi connectivity index (χ2v) is 4.56. The molecule has 0 bridgehead atoms. The number of benzene rings is 1. The van der Waals surface area contributed by atoms with E-state index in [0.717, 1.165) is 21.1 Å². The summed E-state index contributed by atoms with van der Waals surface area (Å²) in [5.74, 6) is 0. The molecule has 3 rings (SSSR count). The smallest absolute Gasteiger partial charge is 0.360 e. The molecule has 16 heavy (non-hydrogen) atoms. The minimum atomic E-state index is -0.311. The Morgan fingerprint density at radius 1 is 1.31 bits per heavy atom. The molecular weight excluding hydrogens is 270 g/mol. The molecule has 0 saturated heterocycles. The fraction of sp³-hybridized carbons (Fsp3) is 0.0833. The van der Waals surface area contributed by atoms with Gasteiger partial charge in [0.15, 0.2) is 0 Å². The molecule has 0 radical (unpaired) electrons. The topological polar surface area (TPSA) is 34.6 Å². The van der Waals surface area contributed by atoms with E-state index in [2.05, 4.69) is 15.9 Å². The zero-order valence-corrected chi connectivity index (χ0v) is 10.1. The monoisotopic (exact) mass is 277 g/mol. The number of rotatable bonds is 0. The summed E-state index contributed by atoms with van der Waals surface area (Å²) in [5.41, 5.74) is 2.17. The first-order valence-electron chi connectivity index (χ1n) is 4.86. The van der Waals surface area contributed by atoms with Crippen LogP contribution in [0.3, 0.4) is 0 Å². The molecule has 1 aromatic carbocycles. The molecule has 0 aliphatic heterocycles. The normalized spacial score (nSPS) is 11.4. The van der Waals surface area contributed by atoms with E-state index >= 15 is 0 Å². The first kappa shape index (κ1) is 9.66. The van der Waals surface area contributed by atoms with Crippen LogP contribution in [0.1, 0.15) is 5.69 Å². The maximum atomic E-state index is 11.6. The van der Waals surface area contributed by atoms with E-state index < -0.39 is 0 Å². The number of aryl methyl sites for hydroxylation is 1. The van der Waals surface area contributed by atoms with Gasteiger partial charge in [-0.3, -0.25) is 0 Å². The third-order valence-electron chi connectivity index (χ3n) is 2.69. The van der Waals surface area contributed by atoms with Gasteiger partial charge in [-0.15, -0.1) is 0 Å². The van der Waals surface area contributed by atoms with E-state index in [1.54, 1.807) is 0 Å². The van der Waals surface area contributed by atoms with Gasteiger partial charge in [0, 0.05) is 9.86 Å². The van der Waals surface area contributed by atoms with Gasteiger partial charge in [0.05, 0.1) is 11.2 Å². The predicted molar refractivity (Wildman–Crippen MR) is 65.9 cm³/mol. The molecule has 0 amide bonds. The second kappa shape index (κ2) is 3.22. The average Bonchev–Trinajstić information content (AvgIpc) is 2.66. The summed E-state index contributed by atoms with van der Waals surface area (Å²) >= 11 is 3.48. The maximum Gasteiger partial charge on any atom is 0.360 e. The molecule has 0 N–H and O–H groups in total. The molecule has 4 heteroatoms. The van der Waals surface area contributed by atoms with Gasteiger partial charge in [-0.25, -0.2) is 4.79 Å². The van der Waals surface area contributed by atoms with Crippen LogP contribution < -0.4 is 5.63 Å². The van der Waals surface area contributed by atoms with Crippen LogP contribution >= 0.6 is 15.9 Å². The lowest BCUT2D eigenvalue weighted by molar-refractivity contribution is 0.504. The molecule has 0 saturated carbocycles. The molecule has 0 aliphatic carbocycles. The molecule has 3 aromatic rings. The van der Waals surface area contributed by atoms with Crippen LogP contribution in [0.4, 0.5) is 0 Å². The van der Waals surface area contributed by atoms with Crippen molar-refractivity contribution in [3.63, 3.8) is 0 Å². The van der Waals surface area contributed by atoms with Crippen molar-refractivity contribution in [3.8, 4) is 0 Å². The molecule has 2 aromatic heterocycles. The van der Waals surface area contributed by atoms with E-state index in [4.69, 9.17) is 4.42 Å². The van der Waals surface area contributed by atoms with Crippen LogP contribution in [-0.2, 0) is 0 Å². The van der Waals surface area contributed by atoms with Crippen LogP contribution in [0.2, 0.25) is 0 Å². The summed E-state index contributed by atoms with van der Waals surface area (Å²) in [6.45, 7) is 1.91. The van der Waals surface area contributed by atoms with Gasteiger partial charge in [-0.2, -0.15) is 0 Å². The van der Waals surface area contributed by atoms with Gasteiger partial charge >= 0.3 is 5.63 Å². The summed E-state index contributed by atoms with van der Waals surface area (Å²) in [7, 11) is 0. The van der Waals surface area contributed by atoms with E-state index in [-0.39, 0.29) is 5.63 Å². The number of hydrogen-bond donors (Lipinski definition) is 0. The van der Waals surface area contributed by atoms with Crippen molar-refractivity contribution in [3.05, 3.63) is 51.1 Å². The van der Waals surface area contributed by atoms with Crippen LogP contribution in [0.15, 0.2) is 44.2 Å². The van der Waals surface area contributed by atoms with Gasteiger partial charge in [-0.05, 0) is 25.1 Å². The molecule has 0 fully saturated rings. The van der Waals surface area contributed by atoms with Crippen LogP contribution in [0.5, 0.6) is 0 Å². The molecule has 0 spiro atoms.